The molecule has 0 spiro atoms. The van der Waals surface area contributed by atoms with E-state index in [2.05, 4.69) is 20.8 Å². The van der Waals surface area contributed by atoms with E-state index in [1.807, 2.05) is 49.5 Å². The van der Waals surface area contributed by atoms with Crippen molar-refractivity contribution in [2.24, 2.45) is 5.73 Å². The Morgan fingerprint density at radius 3 is 2.65 bits per heavy atom. The van der Waals surface area contributed by atoms with Crippen molar-refractivity contribution in [3.05, 3.63) is 63.1 Å². The molecule has 2 aromatic rings. The molecule has 0 radical (unpaired) electrons. The standard InChI is InChI=1S/C15H14BrClN2S/c1-19(9-10-6-7-11(16)8-13(10)17)14-5-3-2-4-12(14)15(18)20/h2-8H,9H2,1H3,(H2,18,20). The predicted molar refractivity (Wildman–Crippen MR) is 93.6 cm³/mol. The molecule has 20 heavy (non-hydrogen) atoms. The molecule has 2 N–H and O–H groups in total. The van der Waals surface area contributed by atoms with Crippen molar-refractivity contribution in [3.8, 4) is 0 Å². The van der Waals surface area contributed by atoms with E-state index in [0.29, 0.717) is 11.5 Å². The second kappa shape index (κ2) is 6.57. The van der Waals surface area contributed by atoms with E-state index in [0.717, 1.165) is 26.3 Å². The Morgan fingerprint density at radius 2 is 2.00 bits per heavy atom. The largest absolute Gasteiger partial charge is 0.389 e. The third kappa shape index (κ3) is 3.51. The first-order chi connectivity index (χ1) is 9.49. The molecule has 0 fully saturated rings. The van der Waals surface area contributed by atoms with Gasteiger partial charge in [0.15, 0.2) is 0 Å². The van der Waals surface area contributed by atoms with E-state index < -0.39 is 0 Å². The van der Waals surface area contributed by atoms with E-state index in [1.54, 1.807) is 0 Å². The molecule has 0 aliphatic heterocycles. The third-order valence-electron chi connectivity index (χ3n) is 3.00. The van der Waals surface area contributed by atoms with E-state index in [9.17, 15) is 0 Å². The van der Waals surface area contributed by atoms with Gasteiger partial charge >= 0.3 is 0 Å². The Kier molecular flexibility index (Phi) is 5.02. The first-order valence-electron chi connectivity index (χ1n) is 6.03. The molecule has 0 aromatic heterocycles. The molecular formula is C15H14BrClN2S. The van der Waals surface area contributed by atoms with Crippen molar-refractivity contribution >= 4 is 50.4 Å². The molecule has 0 bridgehead atoms. The van der Waals surface area contributed by atoms with E-state index in [-0.39, 0.29) is 0 Å². The number of benzene rings is 2. The molecule has 5 heteroatoms. The van der Waals surface area contributed by atoms with Gasteiger partial charge in [0.25, 0.3) is 0 Å². The fraction of sp³-hybridized carbons (Fsp3) is 0.133. The molecule has 0 amide bonds. The summed E-state index contributed by atoms with van der Waals surface area (Å²) in [5, 5.41) is 0.735. The van der Waals surface area contributed by atoms with Gasteiger partial charge in [-0.1, -0.05) is 57.9 Å². The minimum Gasteiger partial charge on any atom is -0.389 e. The molecule has 2 aromatic carbocycles. The first kappa shape index (κ1) is 15.3. The molecule has 0 heterocycles. The average molecular weight is 370 g/mol. The summed E-state index contributed by atoms with van der Waals surface area (Å²) in [4.78, 5) is 2.48. The van der Waals surface area contributed by atoms with Crippen LogP contribution in [0.2, 0.25) is 5.02 Å². The molecule has 0 atom stereocenters. The van der Waals surface area contributed by atoms with Crippen molar-refractivity contribution in [1.82, 2.24) is 0 Å². The fourth-order valence-corrected chi connectivity index (χ4v) is 2.91. The lowest BCUT2D eigenvalue weighted by Gasteiger charge is -2.22. The normalized spacial score (nSPS) is 10.3. The topological polar surface area (TPSA) is 29.3 Å². The Balaban J connectivity index is 2.28. The number of hydrogen-bond donors (Lipinski definition) is 1. The van der Waals surface area contributed by atoms with Gasteiger partial charge in [-0.25, -0.2) is 0 Å². The summed E-state index contributed by atoms with van der Waals surface area (Å²) >= 11 is 14.8. The minimum absolute atomic E-state index is 0.398. The third-order valence-corrected chi connectivity index (χ3v) is 4.07. The quantitative estimate of drug-likeness (QED) is 0.811. The zero-order chi connectivity index (χ0) is 14.7. The summed E-state index contributed by atoms with van der Waals surface area (Å²) in [6.45, 7) is 0.686. The lowest BCUT2D eigenvalue weighted by molar-refractivity contribution is 0.921. The highest BCUT2D eigenvalue weighted by Gasteiger charge is 2.11. The van der Waals surface area contributed by atoms with Gasteiger partial charge in [-0.3, -0.25) is 0 Å². The average Bonchev–Trinajstić information content (AvgIpc) is 2.41. The molecule has 104 valence electrons. The van der Waals surface area contributed by atoms with Crippen LogP contribution in [0.5, 0.6) is 0 Å². The van der Waals surface area contributed by atoms with E-state index in [1.165, 1.54) is 0 Å². The lowest BCUT2D eigenvalue weighted by Crippen LogP contribution is -2.21. The van der Waals surface area contributed by atoms with Gasteiger partial charge in [-0.15, -0.1) is 0 Å². The van der Waals surface area contributed by atoms with Gasteiger partial charge in [0, 0.05) is 34.3 Å². The van der Waals surface area contributed by atoms with Crippen molar-refractivity contribution in [2.75, 3.05) is 11.9 Å². The Morgan fingerprint density at radius 1 is 1.30 bits per heavy atom. The number of nitrogens with zero attached hydrogens (tertiary/aromatic N) is 1. The van der Waals surface area contributed by atoms with Crippen LogP contribution < -0.4 is 10.6 Å². The molecule has 2 rings (SSSR count). The fourth-order valence-electron chi connectivity index (χ4n) is 2.01. The second-order valence-electron chi connectivity index (χ2n) is 4.47. The maximum Gasteiger partial charge on any atom is 0.106 e. The summed E-state index contributed by atoms with van der Waals surface area (Å²) in [5.41, 5.74) is 8.69. The highest BCUT2D eigenvalue weighted by molar-refractivity contribution is 9.10. The molecular weight excluding hydrogens is 356 g/mol. The van der Waals surface area contributed by atoms with Crippen LogP contribution >= 0.6 is 39.7 Å². The Labute approximate surface area is 137 Å². The van der Waals surface area contributed by atoms with Gasteiger partial charge in [-0.05, 0) is 29.8 Å². The Bertz CT molecular complexity index is 646. The predicted octanol–water partition coefficient (Wildman–Crippen LogP) is 4.37. The zero-order valence-electron chi connectivity index (χ0n) is 10.9. The minimum atomic E-state index is 0.398. The maximum absolute atomic E-state index is 6.26. The first-order valence-corrected chi connectivity index (χ1v) is 7.61. The van der Waals surface area contributed by atoms with Crippen LogP contribution in [0.4, 0.5) is 5.69 Å². The summed E-state index contributed by atoms with van der Waals surface area (Å²) in [7, 11) is 2.00. The number of hydrogen-bond acceptors (Lipinski definition) is 2. The smallest absolute Gasteiger partial charge is 0.106 e. The lowest BCUT2D eigenvalue weighted by atomic mass is 10.1. The number of nitrogens with two attached hydrogens (primary N) is 1. The summed E-state index contributed by atoms with van der Waals surface area (Å²) in [6.07, 6.45) is 0. The van der Waals surface area contributed by atoms with Crippen LogP contribution in [-0.2, 0) is 6.54 Å². The van der Waals surface area contributed by atoms with Crippen LogP contribution in [0.3, 0.4) is 0 Å². The van der Waals surface area contributed by atoms with Crippen molar-refractivity contribution in [1.29, 1.82) is 0 Å². The van der Waals surface area contributed by atoms with E-state index in [4.69, 9.17) is 29.6 Å². The number of para-hydroxylation sites is 1. The van der Waals surface area contributed by atoms with Crippen LogP contribution in [0.1, 0.15) is 11.1 Å². The molecule has 0 saturated carbocycles. The number of thiocarbonyl (C=S) groups is 1. The molecule has 0 aliphatic carbocycles. The zero-order valence-corrected chi connectivity index (χ0v) is 14.1. The number of halogens is 2. The van der Waals surface area contributed by atoms with Gasteiger partial charge < -0.3 is 10.6 Å². The maximum atomic E-state index is 6.26. The molecule has 0 unspecified atom stereocenters. The summed E-state index contributed by atoms with van der Waals surface area (Å²) < 4.78 is 0.970. The van der Waals surface area contributed by atoms with Gasteiger partial charge in [0.1, 0.15) is 4.99 Å². The SMILES string of the molecule is CN(Cc1ccc(Br)cc1Cl)c1ccccc1C(N)=S. The Hall–Kier alpha value is -1.10. The summed E-state index contributed by atoms with van der Waals surface area (Å²) in [5.74, 6) is 0. The van der Waals surface area contributed by atoms with Gasteiger partial charge in [0.2, 0.25) is 0 Å². The molecule has 2 nitrogen and oxygen atoms in total. The van der Waals surface area contributed by atoms with Gasteiger partial charge in [-0.2, -0.15) is 0 Å². The highest BCUT2D eigenvalue weighted by atomic mass is 79.9. The molecule has 0 saturated heterocycles. The monoisotopic (exact) mass is 368 g/mol. The van der Waals surface area contributed by atoms with Crippen molar-refractivity contribution < 1.29 is 0 Å². The number of anilines is 1. The molecule has 0 aliphatic rings. The van der Waals surface area contributed by atoms with Crippen molar-refractivity contribution in [3.63, 3.8) is 0 Å². The van der Waals surface area contributed by atoms with Crippen LogP contribution in [-0.4, -0.2) is 12.0 Å². The van der Waals surface area contributed by atoms with Crippen LogP contribution in [0.15, 0.2) is 46.9 Å². The van der Waals surface area contributed by atoms with E-state index >= 15 is 0 Å². The number of rotatable bonds is 4. The van der Waals surface area contributed by atoms with Crippen LogP contribution in [0, 0.1) is 0 Å². The van der Waals surface area contributed by atoms with Crippen molar-refractivity contribution in [2.45, 2.75) is 6.54 Å². The van der Waals surface area contributed by atoms with Gasteiger partial charge in [0.05, 0.1) is 0 Å². The summed E-state index contributed by atoms with van der Waals surface area (Å²) in [6, 6.07) is 13.7. The second-order valence-corrected chi connectivity index (χ2v) is 6.24. The van der Waals surface area contributed by atoms with Crippen LogP contribution in [0.25, 0.3) is 0 Å². The highest BCUT2D eigenvalue weighted by Crippen LogP contribution is 2.26.